The topological polar surface area (TPSA) is 237 Å². The minimum absolute atomic E-state index is 0.109. The highest BCUT2D eigenvalue weighted by atomic mass is 31.2. The summed E-state index contributed by atoms with van der Waals surface area (Å²) >= 11 is 0. The van der Waals surface area contributed by atoms with Gasteiger partial charge in [-0.15, -0.1) is 0 Å². The fourth-order valence-corrected chi connectivity index (χ4v) is 13.7. The third-order valence-electron chi connectivity index (χ3n) is 18.4. The van der Waals surface area contributed by atoms with E-state index in [1.165, 1.54) is 250 Å². The maximum atomic E-state index is 13.1. The van der Waals surface area contributed by atoms with Crippen molar-refractivity contribution in [1.82, 2.24) is 0 Å². The standard InChI is InChI=1S/C78H152O17P2/c1-5-9-13-17-21-25-29-33-36-39-43-47-51-55-59-63-76(81)89-69-74(95-78(83)65-61-57-53-49-45-41-38-35-31-27-23-19-15-11-7-3)71-93-97(86,87)91-67-72(79)66-90-96(84,85)92-70-73(68-88-75(80)62-58-54-50-46-42-32-28-24-20-16-12-8-4)94-77(82)64-60-56-52-48-44-40-37-34-30-26-22-18-14-10-6-2/h72-74,79H,5-71H2,1-4H3,(H,84,85)(H,86,87)/t72-,73+,74+/m0/s1. The molecule has 0 saturated heterocycles. The van der Waals surface area contributed by atoms with Crippen LogP contribution in [0.2, 0.25) is 0 Å². The number of carbonyl (C=O) groups excluding carboxylic acids is 4. The molecule has 19 heteroatoms. The maximum Gasteiger partial charge on any atom is 0.472 e. The van der Waals surface area contributed by atoms with E-state index in [0.717, 1.165) is 89.9 Å². The van der Waals surface area contributed by atoms with Crippen molar-refractivity contribution in [3.05, 3.63) is 0 Å². The third-order valence-corrected chi connectivity index (χ3v) is 20.3. The van der Waals surface area contributed by atoms with E-state index in [4.69, 9.17) is 37.0 Å². The lowest BCUT2D eigenvalue weighted by Gasteiger charge is -2.21. The largest absolute Gasteiger partial charge is 0.472 e. The first kappa shape index (κ1) is 95.1. The SMILES string of the molecule is CCCCCCCCCCCCCCCCCC(=O)OC[C@H](COP(=O)(O)OC[C@@H](O)COP(=O)(O)OC[C@@H](COC(=O)CCCCCCCCCCCCCC)OC(=O)CCCCCCCCCCCCCCCCC)OC(=O)CCCCCCCCCCCCCCCCC. The molecule has 0 aliphatic rings. The minimum Gasteiger partial charge on any atom is -0.462 e. The van der Waals surface area contributed by atoms with Gasteiger partial charge in [-0.1, -0.05) is 368 Å². The molecule has 0 spiro atoms. The predicted molar refractivity (Wildman–Crippen MR) is 395 cm³/mol. The van der Waals surface area contributed by atoms with Gasteiger partial charge in [-0.25, -0.2) is 9.13 Å². The van der Waals surface area contributed by atoms with Crippen molar-refractivity contribution in [2.75, 3.05) is 39.6 Å². The molecule has 0 aromatic rings. The highest BCUT2D eigenvalue weighted by Crippen LogP contribution is 2.45. The van der Waals surface area contributed by atoms with E-state index < -0.39 is 97.5 Å². The van der Waals surface area contributed by atoms with Crippen molar-refractivity contribution in [2.24, 2.45) is 0 Å². The second kappa shape index (κ2) is 72.4. The number of aliphatic hydroxyl groups is 1. The number of aliphatic hydroxyl groups excluding tert-OH is 1. The molecular weight excluding hydrogens is 1270 g/mol. The quantitative estimate of drug-likeness (QED) is 0.0222. The number of rotatable bonds is 79. The lowest BCUT2D eigenvalue weighted by molar-refractivity contribution is -0.161. The van der Waals surface area contributed by atoms with E-state index in [2.05, 4.69) is 27.7 Å². The number of phosphoric acid groups is 2. The van der Waals surface area contributed by atoms with Gasteiger partial charge < -0.3 is 33.8 Å². The van der Waals surface area contributed by atoms with Crippen LogP contribution in [0.25, 0.3) is 0 Å². The molecule has 3 N–H and O–H groups in total. The van der Waals surface area contributed by atoms with Crippen LogP contribution in [-0.2, 0) is 65.4 Å². The molecule has 0 rings (SSSR count). The van der Waals surface area contributed by atoms with Gasteiger partial charge in [0.15, 0.2) is 12.2 Å². The maximum absolute atomic E-state index is 13.1. The molecule has 0 saturated carbocycles. The zero-order chi connectivity index (χ0) is 71.1. The van der Waals surface area contributed by atoms with Crippen molar-refractivity contribution in [2.45, 2.75) is 438 Å². The summed E-state index contributed by atoms with van der Waals surface area (Å²) in [7, 11) is -9.91. The fraction of sp³-hybridized carbons (Fsp3) is 0.949. The summed E-state index contributed by atoms with van der Waals surface area (Å²) in [6.45, 7) is 5.02. The second-order valence-electron chi connectivity index (χ2n) is 28.1. The van der Waals surface area contributed by atoms with Gasteiger partial charge in [0.2, 0.25) is 0 Å². The zero-order valence-corrected chi connectivity index (χ0v) is 64.8. The van der Waals surface area contributed by atoms with Gasteiger partial charge in [0, 0.05) is 25.7 Å². The lowest BCUT2D eigenvalue weighted by atomic mass is 10.0. The summed E-state index contributed by atoms with van der Waals surface area (Å²) in [5.74, 6) is -2.10. The lowest BCUT2D eigenvalue weighted by Crippen LogP contribution is -2.30. The second-order valence-corrected chi connectivity index (χ2v) is 31.0. The summed E-state index contributed by atoms with van der Waals surface area (Å²) in [4.78, 5) is 72.9. The Morgan fingerprint density at radius 3 is 0.608 bits per heavy atom. The molecule has 17 nitrogen and oxygen atoms in total. The van der Waals surface area contributed by atoms with Gasteiger partial charge in [0.1, 0.15) is 19.3 Å². The summed E-state index contributed by atoms with van der Waals surface area (Å²) in [6, 6.07) is 0. The molecule has 5 atom stereocenters. The molecule has 97 heavy (non-hydrogen) atoms. The summed E-state index contributed by atoms with van der Waals surface area (Å²) in [5.41, 5.74) is 0. The first-order valence-corrected chi connectivity index (χ1v) is 43.8. The molecule has 0 aromatic carbocycles. The van der Waals surface area contributed by atoms with Crippen molar-refractivity contribution < 1.29 is 80.2 Å². The van der Waals surface area contributed by atoms with Crippen LogP contribution in [0.4, 0.5) is 0 Å². The zero-order valence-electron chi connectivity index (χ0n) is 63.1. The van der Waals surface area contributed by atoms with Gasteiger partial charge in [-0.3, -0.25) is 37.3 Å². The Kier molecular flexibility index (Phi) is 71.0. The minimum atomic E-state index is -4.96. The van der Waals surface area contributed by atoms with E-state index in [9.17, 15) is 43.2 Å². The highest BCUT2D eigenvalue weighted by Gasteiger charge is 2.30. The molecule has 0 aromatic heterocycles. The van der Waals surface area contributed by atoms with Crippen LogP contribution in [0.15, 0.2) is 0 Å². The number of carbonyl (C=O) groups is 4. The van der Waals surface area contributed by atoms with Gasteiger partial charge in [-0.05, 0) is 25.7 Å². The Bertz CT molecular complexity index is 1840. The predicted octanol–water partition coefficient (Wildman–Crippen LogP) is 23.4. The monoisotopic (exact) mass is 1420 g/mol. The molecule has 0 aliphatic carbocycles. The van der Waals surface area contributed by atoms with Crippen LogP contribution >= 0.6 is 15.6 Å². The smallest absolute Gasteiger partial charge is 0.462 e. The van der Waals surface area contributed by atoms with Crippen LogP contribution in [0.5, 0.6) is 0 Å². The number of hydrogen-bond acceptors (Lipinski definition) is 15. The van der Waals surface area contributed by atoms with Crippen molar-refractivity contribution in [3.63, 3.8) is 0 Å². The molecular formula is C78H152O17P2. The first-order chi connectivity index (χ1) is 47.2. The fourth-order valence-electron chi connectivity index (χ4n) is 12.1. The molecule has 0 fully saturated rings. The van der Waals surface area contributed by atoms with E-state index in [-0.39, 0.29) is 25.7 Å². The number of hydrogen-bond donors (Lipinski definition) is 3. The molecule has 0 amide bonds. The van der Waals surface area contributed by atoms with Crippen molar-refractivity contribution in [1.29, 1.82) is 0 Å². The average Bonchev–Trinajstić information content (AvgIpc) is 1.90. The van der Waals surface area contributed by atoms with Gasteiger partial charge in [0.05, 0.1) is 26.4 Å². The van der Waals surface area contributed by atoms with Gasteiger partial charge in [0.25, 0.3) is 0 Å². The van der Waals surface area contributed by atoms with Crippen LogP contribution in [0.3, 0.4) is 0 Å². The molecule has 2 unspecified atom stereocenters. The number of esters is 4. The van der Waals surface area contributed by atoms with E-state index >= 15 is 0 Å². The van der Waals surface area contributed by atoms with Crippen molar-refractivity contribution >= 4 is 39.5 Å². The van der Waals surface area contributed by atoms with Crippen molar-refractivity contribution in [3.8, 4) is 0 Å². The molecule has 0 heterocycles. The Balaban J connectivity index is 5.26. The Hall–Kier alpha value is -1.94. The number of phosphoric ester groups is 2. The van der Waals surface area contributed by atoms with Crippen LogP contribution < -0.4 is 0 Å². The Morgan fingerprint density at radius 2 is 0.412 bits per heavy atom. The van der Waals surface area contributed by atoms with Crippen LogP contribution in [-0.4, -0.2) is 96.7 Å². The number of ether oxygens (including phenoxy) is 4. The molecule has 576 valence electrons. The van der Waals surface area contributed by atoms with E-state index in [1.54, 1.807) is 0 Å². The average molecular weight is 1420 g/mol. The molecule has 0 bridgehead atoms. The summed E-state index contributed by atoms with van der Waals surface area (Å²) in [5, 5.41) is 10.6. The van der Waals surface area contributed by atoms with E-state index in [1.807, 2.05) is 0 Å². The van der Waals surface area contributed by atoms with Crippen LogP contribution in [0.1, 0.15) is 419 Å². The van der Waals surface area contributed by atoms with E-state index in [0.29, 0.717) is 25.7 Å². The van der Waals surface area contributed by atoms with Gasteiger partial charge >= 0.3 is 39.5 Å². The van der Waals surface area contributed by atoms with Crippen LogP contribution in [0, 0.1) is 0 Å². The molecule has 0 aliphatic heterocycles. The molecule has 0 radical (unpaired) electrons. The summed E-state index contributed by atoms with van der Waals surface area (Å²) < 4.78 is 68.7. The highest BCUT2D eigenvalue weighted by molar-refractivity contribution is 7.47. The normalized spacial score (nSPS) is 13.8. The first-order valence-electron chi connectivity index (χ1n) is 40.8. The number of unbranched alkanes of at least 4 members (excludes halogenated alkanes) is 53. The Labute approximate surface area is 594 Å². The summed E-state index contributed by atoms with van der Waals surface area (Å²) in [6.07, 6.45) is 63.5. The Morgan fingerprint density at radius 1 is 0.247 bits per heavy atom. The third kappa shape index (κ3) is 72.2. The van der Waals surface area contributed by atoms with Gasteiger partial charge in [-0.2, -0.15) is 0 Å².